The highest BCUT2D eigenvalue weighted by atomic mass is 32.1. The number of alkyl halides is 3. The number of aryl methyl sites for hydroxylation is 1. The van der Waals surface area contributed by atoms with Crippen LogP contribution in [-0.4, -0.2) is 77.5 Å². The fourth-order valence-corrected chi connectivity index (χ4v) is 9.58. The summed E-state index contributed by atoms with van der Waals surface area (Å²) in [7, 11) is 0. The molecule has 0 radical (unpaired) electrons. The first-order chi connectivity index (χ1) is 29.3. The number of piperidine rings is 1. The fourth-order valence-electron chi connectivity index (χ4n) is 9.18. The number of nitrogens with one attached hydrogen (secondary N) is 3. The predicted molar refractivity (Wildman–Crippen MR) is 225 cm³/mol. The number of hydrogen-bond acceptors (Lipinski definition) is 10. The van der Waals surface area contributed by atoms with Crippen LogP contribution in [0.3, 0.4) is 0 Å². The Bertz CT molecular complexity index is 2370. The molecule has 8 rings (SSSR count). The highest BCUT2D eigenvalue weighted by molar-refractivity contribution is 7.81. The molecule has 1 spiro atoms. The van der Waals surface area contributed by atoms with Gasteiger partial charge >= 0.3 is 6.18 Å². The summed E-state index contributed by atoms with van der Waals surface area (Å²) in [5.74, 6) is 0.297. The van der Waals surface area contributed by atoms with Crippen molar-refractivity contribution < 1.29 is 37.1 Å². The van der Waals surface area contributed by atoms with E-state index in [0.717, 1.165) is 42.2 Å². The lowest BCUT2D eigenvalue weighted by atomic mass is 10.1. The molecule has 4 heterocycles. The number of ether oxygens (including phenoxy) is 1. The average Bonchev–Trinajstić information content (AvgIpc) is 4.10. The molecule has 4 amide bonds. The maximum atomic E-state index is 13.8. The fraction of sp³-hybridized carbons (Fsp3) is 0.432. The van der Waals surface area contributed by atoms with E-state index in [1.54, 1.807) is 11.0 Å². The molecule has 4 atom stereocenters. The maximum Gasteiger partial charge on any atom is 0.419 e. The van der Waals surface area contributed by atoms with Gasteiger partial charge in [0.05, 0.1) is 17.4 Å². The number of thiocarbonyl (C=S) groups is 1. The van der Waals surface area contributed by atoms with E-state index in [0.29, 0.717) is 80.5 Å². The number of carbonyl (C=O) groups is 4. The van der Waals surface area contributed by atoms with Crippen LogP contribution in [0.25, 0.3) is 0 Å². The Balaban J connectivity index is 0.854. The van der Waals surface area contributed by atoms with Crippen molar-refractivity contribution in [2.45, 2.75) is 70.5 Å². The Morgan fingerprint density at radius 1 is 1.10 bits per heavy atom. The third kappa shape index (κ3) is 8.69. The smallest absolute Gasteiger partial charge is 0.419 e. The Labute approximate surface area is 356 Å². The van der Waals surface area contributed by atoms with Crippen molar-refractivity contribution >= 4 is 63.7 Å². The van der Waals surface area contributed by atoms with Crippen molar-refractivity contribution in [1.29, 1.82) is 5.26 Å². The summed E-state index contributed by atoms with van der Waals surface area (Å²) < 4.78 is 47.8. The minimum absolute atomic E-state index is 0.0282. The van der Waals surface area contributed by atoms with Crippen LogP contribution in [0.15, 0.2) is 66.4 Å². The molecule has 3 aromatic rings. The quantitative estimate of drug-likeness (QED) is 0.106. The summed E-state index contributed by atoms with van der Waals surface area (Å²) in [6.45, 7) is 5.29. The first-order valence-electron chi connectivity index (χ1n) is 20.6. The van der Waals surface area contributed by atoms with Crippen LogP contribution < -0.4 is 30.5 Å². The normalized spacial score (nSPS) is 23.9. The van der Waals surface area contributed by atoms with Gasteiger partial charge in [0.2, 0.25) is 23.6 Å². The second-order valence-corrected chi connectivity index (χ2v) is 16.6. The van der Waals surface area contributed by atoms with Crippen LogP contribution >= 0.6 is 12.2 Å². The largest absolute Gasteiger partial charge is 0.492 e. The number of allylic oxidation sites excluding steroid dienone is 1. The SMILES string of the molecule is CCc1cc(N2CCCCC(=O)N(c3cnc(C#N)c(C(F)(F)F)c3)C2=S)ccc1OCCN1CC=C2C(CC(=O)Nc3cccc(NC4CCC(=O)NC4=O)c3)C23CC3C1. The number of anilines is 4. The maximum absolute atomic E-state index is 13.8. The lowest BCUT2D eigenvalue weighted by molar-refractivity contribution is -0.138. The van der Waals surface area contributed by atoms with E-state index < -0.39 is 29.4 Å². The van der Waals surface area contributed by atoms with Crippen LogP contribution in [0.1, 0.15) is 68.7 Å². The molecule has 61 heavy (non-hydrogen) atoms. The highest BCUT2D eigenvalue weighted by Crippen LogP contribution is 2.79. The van der Waals surface area contributed by atoms with Crippen molar-refractivity contribution in [3.05, 3.63) is 83.2 Å². The van der Waals surface area contributed by atoms with Gasteiger partial charge in [0.15, 0.2) is 10.8 Å². The second kappa shape index (κ2) is 16.9. The van der Waals surface area contributed by atoms with E-state index >= 15 is 0 Å². The third-order valence-electron chi connectivity index (χ3n) is 12.4. The zero-order valence-electron chi connectivity index (χ0n) is 33.5. The van der Waals surface area contributed by atoms with Gasteiger partial charge in [-0.25, -0.2) is 4.98 Å². The van der Waals surface area contributed by atoms with Gasteiger partial charge in [0.1, 0.15) is 24.5 Å². The molecular weight excluding hydrogens is 810 g/mol. The minimum Gasteiger partial charge on any atom is -0.492 e. The minimum atomic E-state index is -4.85. The zero-order valence-corrected chi connectivity index (χ0v) is 34.3. The van der Waals surface area contributed by atoms with Crippen LogP contribution in [0, 0.1) is 28.6 Å². The number of aromatic nitrogens is 1. The molecule has 2 aromatic carbocycles. The summed E-state index contributed by atoms with van der Waals surface area (Å²) in [6.07, 6.45) is 2.56. The molecule has 17 heteroatoms. The van der Waals surface area contributed by atoms with Gasteiger partial charge in [-0.15, -0.1) is 0 Å². The van der Waals surface area contributed by atoms with Crippen molar-refractivity contribution in [2.24, 2.45) is 17.3 Å². The summed E-state index contributed by atoms with van der Waals surface area (Å²) in [4.78, 5) is 59.1. The molecule has 2 aliphatic carbocycles. The number of imide groups is 1. The van der Waals surface area contributed by atoms with E-state index in [1.807, 2.05) is 43.3 Å². The van der Waals surface area contributed by atoms with Gasteiger partial charge in [-0.05, 0) is 104 Å². The van der Waals surface area contributed by atoms with Crippen LogP contribution in [0.4, 0.5) is 35.9 Å². The summed E-state index contributed by atoms with van der Waals surface area (Å²) in [6, 6.07) is 14.6. The lowest BCUT2D eigenvalue weighted by Gasteiger charge is -2.35. The number of hydrogen-bond donors (Lipinski definition) is 3. The first-order valence-corrected chi connectivity index (χ1v) is 21.0. The van der Waals surface area contributed by atoms with Crippen LogP contribution in [-0.2, 0) is 31.8 Å². The number of nitrogens with zero attached hydrogens (tertiary/aromatic N) is 5. The molecule has 0 bridgehead atoms. The molecule has 1 aromatic heterocycles. The molecule has 2 saturated heterocycles. The molecule has 318 valence electrons. The van der Waals surface area contributed by atoms with Gasteiger partial charge < -0.3 is 20.3 Å². The van der Waals surface area contributed by atoms with E-state index in [1.165, 1.54) is 11.6 Å². The van der Waals surface area contributed by atoms with Gasteiger partial charge in [-0.3, -0.25) is 34.3 Å². The van der Waals surface area contributed by atoms with E-state index in [4.69, 9.17) is 17.0 Å². The molecule has 4 unspecified atom stereocenters. The van der Waals surface area contributed by atoms with Gasteiger partial charge in [0, 0.05) is 67.9 Å². The van der Waals surface area contributed by atoms with E-state index in [9.17, 15) is 37.6 Å². The molecule has 4 fully saturated rings. The summed E-state index contributed by atoms with van der Waals surface area (Å²) in [5, 5.41) is 17.8. The standard InChI is InChI=1S/C44H45F3N8O5S/c1-2-26-18-30(54-14-4-3-8-40(58)55(42(54)61)31-20-34(44(45,46)47)36(23-48)49-24-31)9-11-37(26)60-17-16-53-15-13-32-33(43(32)22-27(43)25-53)21-39(57)51-29-7-5-6-28(19-29)50-35-10-12-38(56)52-41(35)59/h5-7,9,11,13,18-20,24,27,33,35,50H,2-4,8,10,12,14-17,21-22,25H2,1H3,(H,51,57)(H,52,56,59). The summed E-state index contributed by atoms with van der Waals surface area (Å²) in [5.41, 5.74) is 2.24. The number of carbonyl (C=O) groups excluding carboxylic acids is 4. The topological polar surface area (TPSA) is 160 Å². The number of amides is 4. The van der Waals surface area contributed by atoms with Crippen molar-refractivity contribution in [1.82, 2.24) is 15.2 Å². The van der Waals surface area contributed by atoms with Crippen molar-refractivity contribution in [3.8, 4) is 11.8 Å². The Morgan fingerprint density at radius 2 is 1.92 bits per heavy atom. The Kier molecular flexibility index (Phi) is 11.6. The second-order valence-electron chi connectivity index (χ2n) is 16.2. The molecule has 3 aliphatic heterocycles. The molecular formula is C44H45F3N8O5S. The van der Waals surface area contributed by atoms with Crippen molar-refractivity contribution in [3.63, 3.8) is 0 Å². The third-order valence-corrected chi connectivity index (χ3v) is 12.8. The Hall–Kier alpha value is -5.86. The average molecular weight is 855 g/mol. The monoisotopic (exact) mass is 854 g/mol. The van der Waals surface area contributed by atoms with Gasteiger partial charge in [0.25, 0.3) is 0 Å². The van der Waals surface area contributed by atoms with Gasteiger partial charge in [-0.1, -0.05) is 24.6 Å². The van der Waals surface area contributed by atoms with Crippen LogP contribution in [0.5, 0.6) is 5.75 Å². The number of benzene rings is 2. The molecule has 5 aliphatic rings. The number of nitriles is 1. The molecule has 2 saturated carbocycles. The van der Waals surface area contributed by atoms with Gasteiger partial charge in [-0.2, -0.15) is 18.4 Å². The zero-order chi connectivity index (χ0) is 43.1. The number of pyridine rings is 1. The molecule has 3 N–H and O–H groups in total. The first kappa shape index (κ1) is 41.9. The lowest BCUT2D eigenvalue weighted by Crippen LogP contribution is -2.48. The number of halogens is 3. The van der Waals surface area contributed by atoms with Crippen molar-refractivity contribution in [2.75, 3.05) is 53.2 Å². The highest BCUT2D eigenvalue weighted by Gasteiger charge is 2.74. The van der Waals surface area contributed by atoms with Crippen LogP contribution in [0.2, 0.25) is 0 Å². The Morgan fingerprint density at radius 3 is 2.69 bits per heavy atom. The van der Waals surface area contributed by atoms with E-state index in [-0.39, 0.29) is 52.7 Å². The summed E-state index contributed by atoms with van der Waals surface area (Å²) >= 11 is 5.79. The molecule has 13 nitrogen and oxygen atoms in total. The predicted octanol–water partition coefficient (Wildman–Crippen LogP) is 6.35. The van der Waals surface area contributed by atoms with E-state index in [2.05, 4.69) is 31.9 Å². The number of rotatable bonds is 12.